The normalized spacial score (nSPS) is 9.00. The quantitative estimate of drug-likeness (QED) is 0.488. The summed E-state index contributed by atoms with van der Waals surface area (Å²) in [6.07, 6.45) is 4.97. The van der Waals surface area contributed by atoms with Gasteiger partial charge in [0, 0.05) is 0 Å². The molecule has 0 spiro atoms. The van der Waals surface area contributed by atoms with Gasteiger partial charge in [0.1, 0.15) is 0 Å². The Labute approximate surface area is 45.9 Å². The first-order valence-electron chi connectivity index (χ1n) is 2.05. The van der Waals surface area contributed by atoms with E-state index >= 15 is 0 Å². The average Bonchev–Trinajstić information content (AvgIpc) is 2.14. The third kappa shape index (κ3) is 0.578. The number of hydrogen-bond acceptors (Lipinski definition) is 2. The number of aromatic nitrogens is 1. The maximum Gasteiger partial charge on any atom is 0.256 e. The standard InChI is InChI=1S/C5H4NO2/c1-2-6-3-4-8-5(6)7/h2-3H,1H2/q-1. The van der Waals surface area contributed by atoms with Gasteiger partial charge >= 0.3 is 0 Å². The van der Waals surface area contributed by atoms with Crippen LogP contribution >= 0.6 is 0 Å². The second kappa shape index (κ2) is 1.69. The van der Waals surface area contributed by atoms with Crippen molar-refractivity contribution in [2.24, 2.45) is 0 Å². The topological polar surface area (TPSA) is 35.1 Å². The Morgan fingerprint density at radius 2 is 2.75 bits per heavy atom. The first-order valence-corrected chi connectivity index (χ1v) is 2.05. The molecule has 0 unspecified atom stereocenters. The molecule has 0 radical (unpaired) electrons. The van der Waals surface area contributed by atoms with Crippen LogP contribution in [-0.2, 0) is 0 Å². The summed E-state index contributed by atoms with van der Waals surface area (Å²) in [6.45, 7) is 3.35. The van der Waals surface area contributed by atoms with Gasteiger partial charge in [0.2, 0.25) is 0 Å². The molecule has 0 atom stereocenters. The van der Waals surface area contributed by atoms with Crippen molar-refractivity contribution in [2.45, 2.75) is 0 Å². The molecule has 3 heteroatoms. The van der Waals surface area contributed by atoms with Gasteiger partial charge in [-0.15, -0.1) is 0 Å². The Bertz CT molecular complexity index is 233. The second-order valence-corrected chi connectivity index (χ2v) is 1.20. The summed E-state index contributed by atoms with van der Waals surface area (Å²) in [5, 5.41) is 0. The van der Waals surface area contributed by atoms with Crippen molar-refractivity contribution >= 4 is 6.20 Å². The summed E-state index contributed by atoms with van der Waals surface area (Å²) in [6, 6.07) is 0. The summed E-state index contributed by atoms with van der Waals surface area (Å²) >= 11 is 0. The molecule has 1 rings (SSSR count). The molecular formula is C5H4NO2-. The van der Waals surface area contributed by atoms with Crippen LogP contribution < -0.4 is 5.76 Å². The third-order valence-corrected chi connectivity index (χ3v) is 0.746. The van der Waals surface area contributed by atoms with Gasteiger partial charge in [0.05, 0.1) is 0 Å². The van der Waals surface area contributed by atoms with Crippen LogP contribution in [0.5, 0.6) is 0 Å². The first-order chi connectivity index (χ1) is 3.84. The lowest BCUT2D eigenvalue weighted by atomic mass is 10.9. The van der Waals surface area contributed by atoms with E-state index in [9.17, 15) is 4.79 Å². The SMILES string of the molecule is C=Cn1c[c-]oc1=O. The van der Waals surface area contributed by atoms with Crippen LogP contribution in [0.2, 0.25) is 0 Å². The third-order valence-electron chi connectivity index (χ3n) is 0.746. The summed E-state index contributed by atoms with van der Waals surface area (Å²) < 4.78 is 5.46. The first kappa shape index (κ1) is 4.90. The van der Waals surface area contributed by atoms with E-state index in [0.717, 1.165) is 0 Å². The zero-order chi connectivity index (χ0) is 5.98. The fourth-order valence-corrected chi connectivity index (χ4v) is 0.366. The number of nitrogens with zero attached hydrogens (tertiary/aromatic N) is 1. The molecule has 0 saturated heterocycles. The van der Waals surface area contributed by atoms with Crippen LogP contribution in [0.1, 0.15) is 0 Å². The van der Waals surface area contributed by atoms with E-state index in [0.29, 0.717) is 0 Å². The molecule has 1 aromatic rings. The van der Waals surface area contributed by atoms with Gasteiger partial charge in [0.25, 0.3) is 5.76 Å². The highest BCUT2D eigenvalue weighted by molar-refractivity contribution is 5.13. The van der Waals surface area contributed by atoms with Crippen molar-refractivity contribution < 1.29 is 4.42 Å². The van der Waals surface area contributed by atoms with Crippen LogP contribution in [0, 0.1) is 6.26 Å². The maximum absolute atomic E-state index is 10.3. The lowest BCUT2D eigenvalue weighted by Crippen LogP contribution is -2.05. The molecule has 42 valence electrons. The van der Waals surface area contributed by atoms with Gasteiger partial charge in [-0.05, 0) is 6.20 Å². The van der Waals surface area contributed by atoms with Gasteiger partial charge in [-0.25, -0.2) is 0 Å². The Balaban J connectivity index is 3.30. The van der Waals surface area contributed by atoms with Crippen LogP contribution in [0.4, 0.5) is 0 Å². The highest BCUT2D eigenvalue weighted by Gasteiger charge is 1.74. The summed E-state index contributed by atoms with van der Waals surface area (Å²) in [7, 11) is 0. The monoisotopic (exact) mass is 110 g/mol. The smallest absolute Gasteiger partial charge is 0.256 e. The van der Waals surface area contributed by atoms with E-state index in [2.05, 4.69) is 17.3 Å². The molecule has 0 aliphatic rings. The lowest BCUT2D eigenvalue weighted by Gasteiger charge is -1.87. The van der Waals surface area contributed by atoms with E-state index in [-0.39, 0.29) is 0 Å². The molecule has 0 bridgehead atoms. The fourth-order valence-electron chi connectivity index (χ4n) is 0.366. The molecule has 0 amide bonds. The Hall–Kier alpha value is -1.25. The van der Waals surface area contributed by atoms with E-state index in [4.69, 9.17) is 0 Å². The number of oxazole rings is 1. The highest BCUT2D eigenvalue weighted by Crippen LogP contribution is 1.77. The minimum absolute atomic E-state index is 0.458. The van der Waals surface area contributed by atoms with Gasteiger partial charge in [-0.1, -0.05) is 19.0 Å². The van der Waals surface area contributed by atoms with E-state index in [1.165, 1.54) is 17.0 Å². The summed E-state index contributed by atoms with van der Waals surface area (Å²) in [4.78, 5) is 10.3. The van der Waals surface area contributed by atoms with Crippen molar-refractivity contribution in [3.8, 4) is 0 Å². The second-order valence-electron chi connectivity index (χ2n) is 1.20. The van der Waals surface area contributed by atoms with Gasteiger partial charge in [-0.3, -0.25) is 0 Å². The largest absolute Gasteiger partial charge is 0.600 e. The maximum atomic E-state index is 10.3. The van der Waals surface area contributed by atoms with Crippen LogP contribution in [0.25, 0.3) is 6.20 Å². The molecule has 0 aliphatic carbocycles. The number of hydrogen-bond donors (Lipinski definition) is 0. The fraction of sp³-hybridized carbons (Fsp3) is 0. The molecule has 1 heterocycles. The van der Waals surface area contributed by atoms with Crippen molar-refractivity contribution in [2.75, 3.05) is 0 Å². The van der Waals surface area contributed by atoms with Crippen LogP contribution in [-0.4, -0.2) is 4.57 Å². The van der Waals surface area contributed by atoms with E-state index in [1.807, 2.05) is 0 Å². The van der Waals surface area contributed by atoms with Crippen molar-refractivity contribution in [1.29, 1.82) is 0 Å². The minimum Gasteiger partial charge on any atom is -0.600 e. The predicted octanol–water partition coefficient (Wildman–Crippen LogP) is 0.342. The molecule has 0 N–H and O–H groups in total. The van der Waals surface area contributed by atoms with Crippen molar-refractivity contribution in [1.82, 2.24) is 4.57 Å². The Morgan fingerprint density at radius 3 is 3.00 bits per heavy atom. The Morgan fingerprint density at radius 1 is 2.00 bits per heavy atom. The molecule has 0 fully saturated rings. The molecule has 0 saturated carbocycles. The van der Waals surface area contributed by atoms with E-state index in [1.54, 1.807) is 0 Å². The highest BCUT2D eigenvalue weighted by atomic mass is 16.4. The predicted molar refractivity (Wildman–Crippen MR) is 28.2 cm³/mol. The van der Waals surface area contributed by atoms with Gasteiger partial charge in [0.15, 0.2) is 0 Å². The number of rotatable bonds is 1. The summed E-state index contributed by atoms with van der Waals surface area (Å²) in [5.41, 5.74) is 0. The lowest BCUT2D eigenvalue weighted by molar-refractivity contribution is 0.500. The van der Waals surface area contributed by atoms with Gasteiger partial charge in [-0.2, -0.15) is 0 Å². The van der Waals surface area contributed by atoms with Gasteiger partial charge < -0.3 is 13.8 Å². The molecule has 0 aromatic carbocycles. The zero-order valence-electron chi connectivity index (χ0n) is 4.13. The molecule has 3 nitrogen and oxygen atoms in total. The average molecular weight is 110 g/mol. The van der Waals surface area contributed by atoms with Crippen LogP contribution in [0.15, 0.2) is 22.0 Å². The molecule has 0 aliphatic heterocycles. The van der Waals surface area contributed by atoms with Crippen molar-refractivity contribution in [3.63, 3.8) is 0 Å². The molecular weight excluding hydrogens is 106 g/mol. The summed E-state index contributed by atoms with van der Waals surface area (Å²) in [5.74, 6) is -0.458. The van der Waals surface area contributed by atoms with Crippen molar-refractivity contribution in [3.05, 3.63) is 29.6 Å². The Kier molecular flexibility index (Phi) is 1.04. The zero-order valence-corrected chi connectivity index (χ0v) is 4.13. The molecule has 1 aromatic heterocycles. The van der Waals surface area contributed by atoms with Crippen LogP contribution in [0.3, 0.4) is 0 Å². The van der Waals surface area contributed by atoms with E-state index < -0.39 is 5.76 Å². The molecule has 8 heavy (non-hydrogen) atoms. The minimum atomic E-state index is -0.458.